The highest BCUT2D eigenvalue weighted by Gasteiger charge is 2.26. The van der Waals surface area contributed by atoms with E-state index in [0.29, 0.717) is 6.54 Å². The molecule has 0 radical (unpaired) electrons. The molecule has 1 atom stereocenters. The highest BCUT2D eigenvalue weighted by molar-refractivity contribution is 8.03. The Morgan fingerprint density at radius 2 is 2.00 bits per heavy atom. The second-order valence-electron chi connectivity index (χ2n) is 4.03. The van der Waals surface area contributed by atoms with Crippen LogP contribution < -0.4 is 5.73 Å². The summed E-state index contributed by atoms with van der Waals surface area (Å²) in [5.74, 6) is 5.19. The topological polar surface area (TPSA) is 38.5 Å². The van der Waals surface area contributed by atoms with Gasteiger partial charge in [0.15, 0.2) is 0 Å². The number of morpholine rings is 1. The lowest BCUT2D eigenvalue weighted by molar-refractivity contribution is -0.0322. The van der Waals surface area contributed by atoms with Crippen LogP contribution in [0.25, 0.3) is 0 Å². The van der Waals surface area contributed by atoms with Crippen molar-refractivity contribution in [1.82, 2.24) is 4.90 Å². The van der Waals surface area contributed by atoms with Gasteiger partial charge in [0.1, 0.15) is 0 Å². The van der Waals surface area contributed by atoms with Gasteiger partial charge in [0.05, 0.1) is 12.7 Å². The summed E-state index contributed by atoms with van der Waals surface area (Å²) in [6, 6.07) is 0.737. The summed E-state index contributed by atoms with van der Waals surface area (Å²) in [6.45, 7) is 3.63. The smallest absolute Gasteiger partial charge is 0.0824 e. The Morgan fingerprint density at radius 3 is 2.67 bits per heavy atom. The van der Waals surface area contributed by atoms with Crippen molar-refractivity contribution in [2.24, 2.45) is 5.73 Å². The van der Waals surface area contributed by atoms with Crippen LogP contribution in [0.2, 0.25) is 0 Å². The van der Waals surface area contributed by atoms with Crippen LogP contribution in [0.15, 0.2) is 0 Å². The van der Waals surface area contributed by atoms with Crippen LogP contribution in [0.1, 0.15) is 0 Å². The van der Waals surface area contributed by atoms with Crippen LogP contribution in [0, 0.1) is 0 Å². The zero-order chi connectivity index (χ0) is 10.5. The summed E-state index contributed by atoms with van der Waals surface area (Å²) in [4.78, 5) is 2.58. The molecular weight excluding hydrogens is 228 g/mol. The van der Waals surface area contributed by atoms with Crippen molar-refractivity contribution < 1.29 is 4.74 Å². The molecule has 5 heteroatoms. The van der Waals surface area contributed by atoms with Gasteiger partial charge in [-0.3, -0.25) is 4.90 Å². The first kappa shape index (κ1) is 12.0. The number of hydrogen-bond acceptors (Lipinski definition) is 5. The van der Waals surface area contributed by atoms with Gasteiger partial charge in [-0.1, -0.05) is 0 Å². The third-order valence-electron chi connectivity index (χ3n) is 2.94. The van der Waals surface area contributed by atoms with Gasteiger partial charge >= 0.3 is 0 Å². The highest BCUT2D eigenvalue weighted by Crippen LogP contribution is 2.21. The van der Waals surface area contributed by atoms with E-state index in [2.05, 4.69) is 28.4 Å². The van der Waals surface area contributed by atoms with Gasteiger partial charge in [0.2, 0.25) is 0 Å². The quantitative estimate of drug-likeness (QED) is 0.770. The van der Waals surface area contributed by atoms with Gasteiger partial charge in [0, 0.05) is 48.7 Å². The Labute approximate surface area is 100 Å². The maximum absolute atomic E-state index is 5.66. The van der Waals surface area contributed by atoms with Crippen LogP contribution >= 0.6 is 23.5 Å². The fourth-order valence-corrected chi connectivity index (χ4v) is 4.66. The zero-order valence-corrected chi connectivity index (χ0v) is 10.7. The van der Waals surface area contributed by atoms with E-state index < -0.39 is 0 Å². The Hall–Kier alpha value is 0.580. The monoisotopic (exact) mass is 248 g/mol. The lowest BCUT2D eigenvalue weighted by Crippen LogP contribution is -2.51. The molecule has 1 unspecified atom stereocenters. The Bertz CT molecular complexity index is 186. The maximum atomic E-state index is 5.66. The van der Waals surface area contributed by atoms with Gasteiger partial charge < -0.3 is 10.5 Å². The van der Waals surface area contributed by atoms with Crippen molar-refractivity contribution in [1.29, 1.82) is 0 Å². The Balaban J connectivity index is 1.84. The van der Waals surface area contributed by atoms with E-state index in [1.54, 1.807) is 0 Å². The molecule has 2 fully saturated rings. The molecular formula is C10H20N2OS2. The average Bonchev–Trinajstić information content (AvgIpc) is 2.58. The predicted molar refractivity (Wildman–Crippen MR) is 68.8 cm³/mol. The molecule has 2 N–H and O–H groups in total. The minimum Gasteiger partial charge on any atom is -0.374 e. The molecule has 0 aromatic rings. The van der Waals surface area contributed by atoms with E-state index in [4.69, 9.17) is 10.5 Å². The molecule has 3 nitrogen and oxygen atoms in total. The number of thioether (sulfide) groups is 2. The number of ether oxygens (including phenoxy) is 1. The lowest BCUT2D eigenvalue weighted by atomic mass is 10.2. The van der Waals surface area contributed by atoms with E-state index in [9.17, 15) is 0 Å². The number of rotatable bonds is 2. The summed E-state index contributed by atoms with van der Waals surface area (Å²) in [5, 5.41) is 0. The third-order valence-corrected chi connectivity index (χ3v) is 5.43. The summed E-state index contributed by atoms with van der Waals surface area (Å²) in [6.07, 6.45) is 0.261. The van der Waals surface area contributed by atoms with Crippen LogP contribution in [-0.4, -0.2) is 66.3 Å². The summed E-state index contributed by atoms with van der Waals surface area (Å²) < 4.78 is 5.60. The van der Waals surface area contributed by atoms with E-state index in [0.717, 1.165) is 25.7 Å². The van der Waals surface area contributed by atoms with Crippen molar-refractivity contribution >= 4 is 23.5 Å². The molecule has 0 aromatic carbocycles. The van der Waals surface area contributed by atoms with E-state index in [-0.39, 0.29) is 6.10 Å². The van der Waals surface area contributed by atoms with Crippen LogP contribution in [0.5, 0.6) is 0 Å². The number of nitrogens with zero attached hydrogens (tertiary/aromatic N) is 1. The molecule has 2 rings (SSSR count). The van der Waals surface area contributed by atoms with Crippen molar-refractivity contribution in [3.63, 3.8) is 0 Å². The molecule has 0 amide bonds. The summed E-state index contributed by atoms with van der Waals surface area (Å²) in [5.41, 5.74) is 5.66. The van der Waals surface area contributed by atoms with Crippen molar-refractivity contribution in [2.75, 3.05) is 49.3 Å². The second kappa shape index (κ2) is 6.35. The number of hydrogen-bond donors (Lipinski definition) is 1. The largest absolute Gasteiger partial charge is 0.374 e. The van der Waals surface area contributed by atoms with Gasteiger partial charge in [-0.25, -0.2) is 0 Å². The predicted octanol–water partition coefficient (Wildman–Crippen LogP) is 0.494. The first-order valence-corrected chi connectivity index (χ1v) is 7.92. The van der Waals surface area contributed by atoms with Gasteiger partial charge in [-0.05, 0) is 0 Å². The van der Waals surface area contributed by atoms with Crippen molar-refractivity contribution in [3.8, 4) is 0 Å². The molecule has 0 aliphatic carbocycles. The van der Waals surface area contributed by atoms with E-state index in [1.807, 2.05) is 0 Å². The lowest BCUT2D eigenvalue weighted by Gasteiger charge is -2.37. The van der Waals surface area contributed by atoms with Crippen molar-refractivity contribution in [2.45, 2.75) is 12.1 Å². The highest BCUT2D eigenvalue weighted by atomic mass is 32.2. The molecule has 2 aliphatic rings. The normalized spacial score (nSPS) is 31.4. The first-order valence-electron chi connectivity index (χ1n) is 5.61. The molecule has 2 saturated heterocycles. The van der Waals surface area contributed by atoms with Crippen LogP contribution in [0.3, 0.4) is 0 Å². The molecule has 2 aliphatic heterocycles. The second-order valence-corrected chi connectivity index (χ2v) is 6.33. The fraction of sp³-hybridized carbons (Fsp3) is 1.00. The third kappa shape index (κ3) is 3.53. The first-order chi connectivity index (χ1) is 7.40. The zero-order valence-electron chi connectivity index (χ0n) is 9.06. The Morgan fingerprint density at radius 1 is 1.27 bits per heavy atom. The standard InChI is InChI=1S/C10H20N2OS2/c11-5-10-6-12(1-2-13-10)9-7-14-3-4-15-8-9/h9-10H,1-8,11H2. The molecule has 0 bridgehead atoms. The molecule has 88 valence electrons. The summed E-state index contributed by atoms with van der Waals surface area (Å²) >= 11 is 4.18. The molecule has 15 heavy (non-hydrogen) atoms. The number of nitrogens with two attached hydrogens (primary N) is 1. The van der Waals surface area contributed by atoms with Crippen molar-refractivity contribution in [3.05, 3.63) is 0 Å². The average molecular weight is 248 g/mol. The molecule has 0 spiro atoms. The SMILES string of the molecule is NCC1CN(C2CSCCSC2)CCO1. The molecule has 0 saturated carbocycles. The van der Waals surface area contributed by atoms with E-state index in [1.165, 1.54) is 23.0 Å². The van der Waals surface area contributed by atoms with Crippen LogP contribution in [0.4, 0.5) is 0 Å². The van der Waals surface area contributed by atoms with Gasteiger partial charge in [0.25, 0.3) is 0 Å². The van der Waals surface area contributed by atoms with Gasteiger partial charge in [-0.2, -0.15) is 23.5 Å². The molecule has 0 aromatic heterocycles. The molecule has 2 heterocycles. The van der Waals surface area contributed by atoms with Gasteiger partial charge in [-0.15, -0.1) is 0 Å². The maximum Gasteiger partial charge on any atom is 0.0824 e. The minimum absolute atomic E-state index is 0.261. The fourth-order valence-electron chi connectivity index (χ4n) is 2.03. The van der Waals surface area contributed by atoms with Crippen LogP contribution in [-0.2, 0) is 4.74 Å². The Kier molecular flexibility index (Phi) is 5.10. The van der Waals surface area contributed by atoms with E-state index >= 15 is 0 Å². The minimum atomic E-state index is 0.261. The summed E-state index contributed by atoms with van der Waals surface area (Å²) in [7, 11) is 0.